The van der Waals surface area contributed by atoms with Gasteiger partial charge in [-0.2, -0.15) is 0 Å². The molecule has 0 atom stereocenters. The number of benzene rings is 3. The number of carbonyl (C=O) groups is 2. The number of aryl methyl sites for hydroxylation is 1. The Morgan fingerprint density at radius 2 is 1.66 bits per heavy atom. The predicted octanol–water partition coefficient (Wildman–Crippen LogP) is 4.46. The summed E-state index contributed by atoms with van der Waals surface area (Å²) in [5.74, 6) is 0.233. The minimum absolute atomic E-state index is 0.117. The molecule has 0 spiro atoms. The summed E-state index contributed by atoms with van der Waals surface area (Å²) in [6.07, 6.45) is 0. The van der Waals surface area contributed by atoms with E-state index in [0.717, 1.165) is 16.8 Å². The first-order valence-corrected chi connectivity index (χ1v) is 9.43. The molecule has 0 aliphatic heterocycles. The van der Waals surface area contributed by atoms with Crippen LogP contribution in [-0.2, 0) is 17.9 Å². The van der Waals surface area contributed by atoms with Gasteiger partial charge in [0.2, 0.25) is 5.91 Å². The number of anilines is 1. The highest BCUT2D eigenvalue weighted by atomic mass is 16.5. The summed E-state index contributed by atoms with van der Waals surface area (Å²) in [4.78, 5) is 23.8. The molecule has 148 valence electrons. The summed E-state index contributed by atoms with van der Waals surface area (Å²) in [6.45, 7) is 4.28. The smallest absolute Gasteiger partial charge is 0.255 e. The normalized spacial score (nSPS) is 10.3. The fourth-order valence-electron chi connectivity index (χ4n) is 2.93. The Balaban J connectivity index is 1.61. The molecule has 0 aromatic heterocycles. The largest absolute Gasteiger partial charge is 0.488 e. The van der Waals surface area contributed by atoms with E-state index >= 15 is 0 Å². The van der Waals surface area contributed by atoms with Gasteiger partial charge in [0, 0.05) is 19.2 Å². The first kappa shape index (κ1) is 20.1. The van der Waals surface area contributed by atoms with Gasteiger partial charge in [0.1, 0.15) is 12.4 Å². The summed E-state index contributed by atoms with van der Waals surface area (Å²) >= 11 is 0. The highest BCUT2D eigenvalue weighted by Gasteiger charge is 2.12. The van der Waals surface area contributed by atoms with E-state index in [9.17, 15) is 9.59 Å². The fraction of sp³-hybridized carbons (Fsp3) is 0.167. The molecule has 0 saturated heterocycles. The zero-order chi connectivity index (χ0) is 20.6. The first-order valence-electron chi connectivity index (χ1n) is 9.43. The zero-order valence-corrected chi connectivity index (χ0v) is 16.6. The number of para-hydroxylation sites is 1. The van der Waals surface area contributed by atoms with Crippen LogP contribution in [0.3, 0.4) is 0 Å². The molecule has 0 heterocycles. The molecule has 3 aromatic rings. The molecule has 0 bridgehead atoms. The first-order chi connectivity index (χ1) is 14.0. The van der Waals surface area contributed by atoms with Crippen molar-refractivity contribution in [2.24, 2.45) is 0 Å². The number of nitrogens with one attached hydrogen (secondary N) is 2. The Labute approximate surface area is 170 Å². The average molecular weight is 388 g/mol. The van der Waals surface area contributed by atoms with Gasteiger partial charge in [-0.25, -0.2) is 0 Å². The minimum atomic E-state index is -0.198. The molecule has 0 unspecified atom stereocenters. The number of ether oxygens (including phenoxy) is 1. The van der Waals surface area contributed by atoms with Gasteiger partial charge in [-0.05, 0) is 42.3 Å². The van der Waals surface area contributed by atoms with Crippen molar-refractivity contribution >= 4 is 17.5 Å². The van der Waals surface area contributed by atoms with E-state index in [2.05, 4.69) is 16.7 Å². The van der Waals surface area contributed by atoms with E-state index < -0.39 is 0 Å². The predicted molar refractivity (Wildman–Crippen MR) is 114 cm³/mol. The van der Waals surface area contributed by atoms with Crippen LogP contribution in [0.1, 0.15) is 34.0 Å². The fourth-order valence-corrected chi connectivity index (χ4v) is 2.93. The van der Waals surface area contributed by atoms with Crippen molar-refractivity contribution < 1.29 is 14.3 Å². The third-order valence-corrected chi connectivity index (χ3v) is 4.34. The number of amides is 2. The van der Waals surface area contributed by atoms with Crippen LogP contribution in [0.15, 0.2) is 72.8 Å². The van der Waals surface area contributed by atoms with Crippen molar-refractivity contribution in [3.8, 4) is 5.75 Å². The van der Waals surface area contributed by atoms with Crippen LogP contribution in [0.5, 0.6) is 5.75 Å². The topological polar surface area (TPSA) is 67.4 Å². The van der Waals surface area contributed by atoms with E-state index in [1.165, 1.54) is 12.5 Å². The lowest BCUT2D eigenvalue weighted by molar-refractivity contribution is -0.114. The van der Waals surface area contributed by atoms with Gasteiger partial charge in [-0.3, -0.25) is 9.59 Å². The van der Waals surface area contributed by atoms with E-state index in [4.69, 9.17) is 4.74 Å². The Morgan fingerprint density at radius 1 is 0.897 bits per heavy atom. The van der Waals surface area contributed by atoms with Crippen LogP contribution in [0.25, 0.3) is 0 Å². The molecule has 3 aromatic carbocycles. The second-order valence-corrected chi connectivity index (χ2v) is 6.83. The Morgan fingerprint density at radius 3 is 2.38 bits per heavy atom. The number of hydrogen-bond donors (Lipinski definition) is 2. The minimum Gasteiger partial charge on any atom is -0.488 e. The number of rotatable bonds is 7. The van der Waals surface area contributed by atoms with Crippen LogP contribution in [0, 0.1) is 6.92 Å². The average Bonchev–Trinajstić information content (AvgIpc) is 2.71. The van der Waals surface area contributed by atoms with E-state index in [1.54, 1.807) is 12.1 Å². The highest BCUT2D eigenvalue weighted by molar-refractivity contribution is 5.96. The van der Waals surface area contributed by atoms with Gasteiger partial charge in [0.05, 0.1) is 5.56 Å². The highest BCUT2D eigenvalue weighted by Crippen LogP contribution is 2.20. The Hall–Kier alpha value is -3.60. The van der Waals surface area contributed by atoms with E-state index in [0.29, 0.717) is 24.5 Å². The molecule has 29 heavy (non-hydrogen) atoms. The number of hydrogen-bond acceptors (Lipinski definition) is 3. The van der Waals surface area contributed by atoms with Crippen molar-refractivity contribution in [2.45, 2.75) is 27.0 Å². The second-order valence-electron chi connectivity index (χ2n) is 6.83. The standard InChI is InChI=1S/C24H24N2O3/c1-17-6-5-7-20(14-17)16-29-23-9-4-3-8-22(23)24(28)25-15-19-10-12-21(13-11-19)26-18(2)27/h3-14H,15-16H2,1-2H3,(H,25,28)(H,26,27). The summed E-state index contributed by atoms with van der Waals surface area (Å²) in [6, 6.07) is 22.7. The van der Waals surface area contributed by atoms with Gasteiger partial charge < -0.3 is 15.4 Å². The molecule has 0 aliphatic rings. The Bertz CT molecular complexity index is 997. The third-order valence-electron chi connectivity index (χ3n) is 4.34. The maximum Gasteiger partial charge on any atom is 0.255 e. The van der Waals surface area contributed by atoms with Gasteiger partial charge in [0.15, 0.2) is 0 Å². The summed E-state index contributed by atoms with van der Waals surface area (Å²) in [5.41, 5.74) is 4.38. The molecular formula is C24H24N2O3. The summed E-state index contributed by atoms with van der Waals surface area (Å²) < 4.78 is 5.90. The van der Waals surface area contributed by atoms with Crippen LogP contribution in [0.2, 0.25) is 0 Å². The van der Waals surface area contributed by atoms with Crippen molar-refractivity contribution in [3.05, 3.63) is 95.1 Å². The lowest BCUT2D eigenvalue weighted by Crippen LogP contribution is -2.23. The molecule has 0 aliphatic carbocycles. The molecule has 0 radical (unpaired) electrons. The Kier molecular flexibility index (Phi) is 6.63. The summed E-state index contributed by atoms with van der Waals surface area (Å²) in [5, 5.41) is 5.64. The van der Waals surface area contributed by atoms with Crippen molar-refractivity contribution in [1.82, 2.24) is 5.32 Å². The maximum absolute atomic E-state index is 12.7. The van der Waals surface area contributed by atoms with Crippen molar-refractivity contribution in [1.29, 1.82) is 0 Å². The number of carbonyl (C=O) groups excluding carboxylic acids is 2. The molecule has 2 amide bonds. The summed E-state index contributed by atoms with van der Waals surface area (Å²) in [7, 11) is 0. The van der Waals surface area contributed by atoms with Gasteiger partial charge in [-0.1, -0.05) is 54.1 Å². The third kappa shape index (κ3) is 5.94. The molecule has 2 N–H and O–H groups in total. The van der Waals surface area contributed by atoms with Gasteiger partial charge in [0.25, 0.3) is 5.91 Å². The van der Waals surface area contributed by atoms with Gasteiger partial charge in [-0.15, -0.1) is 0 Å². The quantitative estimate of drug-likeness (QED) is 0.628. The van der Waals surface area contributed by atoms with Crippen molar-refractivity contribution in [2.75, 3.05) is 5.32 Å². The molecule has 3 rings (SSSR count). The van der Waals surface area contributed by atoms with Gasteiger partial charge >= 0.3 is 0 Å². The maximum atomic E-state index is 12.7. The SMILES string of the molecule is CC(=O)Nc1ccc(CNC(=O)c2ccccc2OCc2cccc(C)c2)cc1. The van der Waals surface area contributed by atoms with Crippen LogP contribution >= 0.6 is 0 Å². The van der Waals surface area contributed by atoms with Crippen LogP contribution < -0.4 is 15.4 Å². The molecule has 0 fully saturated rings. The van der Waals surface area contributed by atoms with Crippen LogP contribution in [0.4, 0.5) is 5.69 Å². The van der Waals surface area contributed by atoms with E-state index in [1.807, 2.05) is 61.5 Å². The van der Waals surface area contributed by atoms with E-state index in [-0.39, 0.29) is 11.8 Å². The van der Waals surface area contributed by atoms with Crippen LogP contribution in [-0.4, -0.2) is 11.8 Å². The lowest BCUT2D eigenvalue weighted by atomic mass is 10.1. The van der Waals surface area contributed by atoms with Crippen molar-refractivity contribution in [3.63, 3.8) is 0 Å². The lowest BCUT2D eigenvalue weighted by Gasteiger charge is -2.12. The monoisotopic (exact) mass is 388 g/mol. The molecule has 0 saturated carbocycles. The second kappa shape index (κ2) is 9.55. The molecular weight excluding hydrogens is 364 g/mol. The molecule has 5 heteroatoms. The zero-order valence-electron chi connectivity index (χ0n) is 16.6. The molecule has 5 nitrogen and oxygen atoms in total.